The third-order valence-corrected chi connectivity index (χ3v) is 4.78. The van der Waals surface area contributed by atoms with Crippen LogP contribution in [0.3, 0.4) is 0 Å². The molecule has 0 saturated carbocycles. The molecular weight excluding hydrogens is 310 g/mol. The Hall–Kier alpha value is -2.04. The Morgan fingerprint density at radius 2 is 2.09 bits per heavy atom. The van der Waals surface area contributed by atoms with Gasteiger partial charge in [0.2, 0.25) is 0 Å². The first-order valence-corrected chi connectivity index (χ1v) is 8.19. The topological polar surface area (TPSA) is 52.1 Å². The molecule has 3 aromatic rings. The SMILES string of the molecule is C[C@@H](O)c1cccc(N2CCc3[nH]c4c(Cl)cccc4c3C2)n1. The highest BCUT2D eigenvalue weighted by atomic mass is 35.5. The lowest BCUT2D eigenvalue weighted by Crippen LogP contribution is -2.31. The molecule has 0 bridgehead atoms. The van der Waals surface area contributed by atoms with Gasteiger partial charge in [-0.1, -0.05) is 29.8 Å². The number of nitrogens with one attached hydrogen (secondary N) is 1. The summed E-state index contributed by atoms with van der Waals surface area (Å²) in [5.74, 6) is 0.908. The van der Waals surface area contributed by atoms with Crippen molar-refractivity contribution in [1.82, 2.24) is 9.97 Å². The van der Waals surface area contributed by atoms with Crippen LogP contribution in [-0.4, -0.2) is 21.6 Å². The molecule has 1 aliphatic rings. The second kappa shape index (κ2) is 5.55. The minimum absolute atomic E-state index is 0.554. The molecule has 2 N–H and O–H groups in total. The van der Waals surface area contributed by atoms with E-state index in [2.05, 4.69) is 20.9 Å². The third kappa shape index (κ3) is 2.48. The fourth-order valence-corrected chi connectivity index (χ4v) is 3.47. The molecule has 0 saturated heterocycles. The Morgan fingerprint density at radius 1 is 1.26 bits per heavy atom. The van der Waals surface area contributed by atoms with Crippen LogP contribution in [0.4, 0.5) is 5.82 Å². The number of para-hydroxylation sites is 1. The normalized spacial score (nSPS) is 15.7. The Morgan fingerprint density at radius 3 is 2.91 bits per heavy atom. The minimum Gasteiger partial charge on any atom is -0.387 e. The average molecular weight is 328 g/mol. The van der Waals surface area contributed by atoms with Crippen LogP contribution in [0.25, 0.3) is 10.9 Å². The number of rotatable bonds is 2. The quantitative estimate of drug-likeness (QED) is 0.752. The number of anilines is 1. The van der Waals surface area contributed by atoms with Gasteiger partial charge >= 0.3 is 0 Å². The van der Waals surface area contributed by atoms with Crippen LogP contribution in [-0.2, 0) is 13.0 Å². The predicted molar refractivity (Wildman–Crippen MR) is 92.9 cm³/mol. The largest absolute Gasteiger partial charge is 0.387 e. The van der Waals surface area contributed by atoms with Crippen LogP contribution in [0.2, 0.25) is 5.02 Å². The molecule has 5 heteroatoms. The first kappa shape index (κ1) is 14.5. The molecule has 4 nitrogen and oxygen atoms in total. The maximum absolute atomic E-state index is 9.74. The van der Waals surface area contributed by atoms with Gasteiger partial charge in [-0.3, -0.25) is 0 Å². The molecule has 3 heterocycles. The maximum atomic E-state index is 9.74. The number of fused-ring (bicyclic) bond motifs is 3. The zero-order valence-corrected chi connectivity index (χ0v) is 13.6. The second-order valence-electron chi connectivity index (χ2n) is 6.01. The summed E-state index contributed by atoms with van der Waals surface area (Å²) in [6.45, 7) is 3.43. The molecule has 0 unspecified atom stereocenters. The van der Waals surface area contributed by atoms with Gasteiger partial charge in [-0.2, -0.15) is 0 Å². The minimum atomic E-state index is -0.554. The summed E-state index contributed by atoms with van der Waals surface area (Å²) in [4.78, 5) is 10.3. The number of aromatic amines is 1. The number of benzene rings is 1. The Bertz CT molecular complexity index is 872. The number of halogens is 1. The van der Waals surface area contributed by atoms with Gasteiger partial charge in [0, 0.05) is 36.2 Å². The van der Waals surface area contributed by atoms with Crippen molar-refractivity contribution in [3.8, 4) is 0 Å². The Kier molecular flexibility index (Phi) is 3.51. The molecule has 0 aliphatic carbocycles. The van der Waals surface area contributed by atoms with E-state index in [-0.39, 0.29) is 0 Å². The molecule has 0 spiro atoms. The van der Waals surface area contributed by atoms with Gasteiger partial charge in [0.05, 0.1) is 22.3 Å². The summed E-state index contributed by atoms with van der Waals surface area (Å²) in [6.07, 6.45) is 0.378. The summed E-state index contributed by atoms with van der Waals surface area (Å²) in [7, 11) is 0. The summed E-state index contributed by atoms with van der Waals surface area (Å²) < 4.78 is 0. The Balaban J connectivity index is 1.72. The van der Waals surface area contributed by atoms with Crippen LogP contribution in [0.5, 0.6) is 0 Å². The molecule has 0 amide bonds. The lowest BCUT2D eigenvalue weighted by Gasteiger charge is -2.28. The number of aromatic nitrogens is 2. The monoisotopic (exact) mass is 327 g/mol. The average Bonchev–Trinajstić information content (AvgIpc) is 2.94. The van der Waals surface area contributed by atoms with Crippen LogP contribution in [0.15, 0.2) is 36.4 Å². The van der Waals surface area contributed by atoms with E-state index in [1.54, 1.807) is 6.92 Å². The lowest BCUT2D eigenvalue weighted by molar-refractivity contribution is 0.194. The summed E-state index contributed by atoms with van der Waals surface area (Å²) in [5.41, 5.74) is 4.27. The summed E-state index contributed by atoms with van der Waals surface area (Å²) in [6, 6.07) is 11.8. The number of aliphatic hydroxyl groups is 1. The van der Waals surface area contributed by atoms with Crippen molar-refractivity contribution < 1.29 is 5.11 Å². The van der Waals surface area contributed by atoms with E-state index in [1.165, 1.54) is 16.6 Å². The molecule has 0 radical (unpaired) electrons. The molecule has 118 valence electrons. The number of hydrogen-bond acceptors (Lipinski definition) is 3. The van der Waals surface area contributed by atoms with E-state index in [1.807, 2.05) is 30.3 Å². The third-order valence-electron chi connectivity index (χ3n) is 4.47. The maximum Gasteiger partial charge on any atom is 0.129 e. The van der Waals surface area contributed by atoms with Gasteiger partial charge in [-0.15, -0.1) is 0 Å². The first-order valence-electron chi connectivity index (χ1n) is 7.81. The van der Waals surface area contributed by atoms with Crippen molar-refractivity contribution in [2.75, 3.05) is 11.4 Å². The lowest BCUT2D eigenvalue weighted by atomic mass is 10.0. The highest BCUT2D eigenvalue weighted by Gasteiger charge is 2.22. The molecule has 1 aromatic carbocycles. The van der Waals surface area contributed by atoms with E-state index < -0.39 is 6.10 Å². The fraction of sp³-hybridized carbons (Fsp3) is 0.278. The van der Waals surface area contributed by atoms with Crippen molar-refractivity contribution >= 4 is 28.3 Å². The van der Waals surface area contributed by atoms with Crippen molar-refractivity contribution in [2.45, 2.75) is 26.0 Å². The van der Waals surface area contributed by atoms with Crippen molar-refractivity contribution in [3.63, 3.8) is 0 Å². The molecule has 2 aromatic heterocycles. The van der Waals surface area contributed by atoms with Crippen molar-refractivity contribution in [1.29, 1.82) is 0 Å². The molecule has 4 rings (SSSR count). The van der Waals surface area contributed by atoms with Crippen molar-refractivity contribution in [2.24, 2.45) is 0 Å². The van der Waals surface area contributed by atoms with E-state index in [9.17, 15) is 5.11 Å². The highest BCUT2D eigenvalue weighted by Crippen LogP contribution is 2.33. The number of nitrogens with zero attached hydrogens (tertiary/aromatic N) is 2. The fourth-order valence-electron chi connectivity index (χ4n) is 3.25. The molecule has 1 atom stereocenters. The van der Waals surface area contributed by atoms with Gasteiger partial charge in [0.25, 0.3) is 0 Å². The number of pyridine rings is 1. The van der Waals surface area contributed by atoms with E-state index in [0.717, 1.165) is 35.9 Å². The molecule has 1 aliphatic heterocycles. The molecule has 0 fully saturated rings. The number of aliphatic hydroxyl groups excluding tert-OH is 1. The van der Waals surface area contributed by atoms with Gasteiger partial charge < -0.3 is 15.0 Å². The zero-order valence-electron chi connectivity index (χ0n) is 12.9. The van der Waals surface area contributed by atoms with E-state index in [4.69, 9.17) is 11.6 Å². The highest BCUT2D eigenvalue weighted by molar-refractivity contribution is 6.35. The van der Waals surface area contributed by atoms with Crippen LogP contribution < -0.4 is 4.90 Å². The smallest absolute Gasteiger partial charge is 0.129 e. The van der Waals surface area contributed by atoms with Gasteiger partial charge in [-0.25, -0.2) is 4.98 Å². The number of H-pyrrole nitrogens is 1. The van der Waals surface area contributed by atoms with E-state index >= 15 is 0 Å². The number of hydrogen-bond donors (Lipinski definition) is 2. The molecular formula is C18H18ClN3O. The van der Waals surface area contributed by atoms with E-state index in [0.29, 0.717) is 5.69 Å². The first-order chi connectivity index (χ1) is 11.1. The van der Waals surface area contributed by atoms with Gasteiger partial charge in [-0.05, 0) is 25.1 Å². The van der Waals surface area contributed by atoms with Gasteiger partial charge in [0.15, 0.2) is 0 Å². The van der Waals surface area contributed by atoms with Crippen LogP contribution in [0.1, 0.15) is 30.0 Å². The van der Waals surface area contributed by atoms with Crippen LogP contribution in [0, 0.1) is 0 Å². The predicted octanol–water partition coefficient (Wildman–Crippen LogP) is 3.83. The second-order valence-corrected chi connectivity index (χ2v) is 6.42. The molecule has 23 heavy (non-hydrogen) atoms. The van der Waals surface area contributed by atoms with Gasteiger partial charge in [0.1, 0.15) is 5.82 Å². The summed E-state index contributed by atoms with van der Waals surface area (Å²) in [5, 5.41) is 11.7. The zero-order chi connectivity index (χ0) is 16.0. The Labute approximate surface area is 139 Å². The van der Waals surface area contributed by atoms with Crippen molar-refractivity contribution in [3.05, 3.63) is 58.4 Å². The standard InChI is InChI=1S/C18H18ClN3O/c1-11(23)15-6-3-7-17(20-15)22-9-8-16-13(10-22)12-4-2-5-14(19)18(12)21-16/h2-7,11,21,23H,8-10H2,1H3/t11-/m1/s1. The summed E-state index contributed by atoms with van der Waals surface area (Å²) >= 11 is 6.30. The van der Waals surface area contributed by atoms with Crippen LogP contribution >= 0.6 is 11.6 Å².